The molecule has 0 aliphatic rings. The van der Waals surface area contributed by atoms with Gasteiger partial charge in [-0.25, -0.2) is 9.97 Å². The summed E-state index contributed by atoms with van der Waals surface area (Å²) in [7, 11) is 1.59. The zero-order valence-corrected chi connectivity index (χ0v) is 10.2. The molecule has 0 bridgehead atoms. The van der Waals surface area contributed by atoms with Gasteiger partial charge >= 0.3 is 0 Å². The van der Waals surface area contributed by atoms with Gasteiger partial charge in [0.2, 0.25) is 5.91 Å². The van der Waals surface area contributed by atoms with Crippen LogP contribution in [0.4, 0.5) is 5.82 Å². The summed E-state index contributed by atoms with van der Waals surface area (Å²) in [6.45, 7) is 3.24. The van der Waals surface area contributed by atoms with Gasteiger partial charge in [0.05, 0.1) is 13.2 Å². The highest BCUT2D eigenvalue weighted by atomic mass is 16.5. The highest BCUT2D eigenvalue weighted by molar-refractivity contribution is 5.80. The Morgan fingerprint density at radius 2 is 2.29 bits per heavy atom. The van der Waals surface area contributed by atoms with Crippen LogP contribution >= 0.6 is 0 Å². The Kier molecular flexibility index (Phi) is 5.95. The van der Waals surface area contributed by atoms with E-state index in [0.29, 0.717) is 19.0 Å². The molecule has 0 atom stereocenters. The summed E-state index contributed by atoms with van der Waals surface area (Å²) >= 11 is 0. The number of hydrogen-bond acceptors (Lipinski definition) is 5. The molecule has 1 heterocycles. The SMILES string of the molecule is CCc1cc(NCC(=O)NCCOC)ncn1. The Hall–Kier alpha value is -1.69. The van der Waals surface area contributed by atoms with Crippen molar-refractivity contribution in [2.45, 2.75) is 13.3 Å². The van der Waals surface area contributed by atoms with Crippen molar-refractivity contribution in [2.24, 2.45) is 0 Å². The molecule has 0 aliphatic heterocycles. The third-order valence-electron chi connectivity index (χ3n) is 2.14. The average Bonchev–Trinajstić information content (AvgIpc) is 2.37. The fourth-order valence-electron chi connectivity index (χ4n) is 1.21. The molecule has 1 aromatic rings. The molecule has 0 spiro atoms. The summed E-state index contributed by atoms with van der Waals surface area (Å²) in [6.07, 6.45) is 2.33. The third-order valence-corrected chi connectivity index (χ3v) is 2.14. The van der Waals surface area contributed by atoms with Gasteiger partial charge in [-0.2, -0.15) is 0 Å². The van der Waals surface area contributed by atoms with E-state index < -0.39 is 0 Å². The van der Waals surface area contributed by atoms with Crippen molar-refractivity contribution >= 4 is 11.7 Å². The minimum atomic E-state index is -0.0845. The quantitative estimate of drug-likeness (QED) is 0.664. The number of anilines is 1. The number of carbonyl (C=O) groups excluding carboxylic acids is 1. The lowest BCUT2D eigenvalue weighted by Crippen LogP contribution is -2.32. The maximum atomic E-state index is 11.4. The van der Waals surface area contributed by atoms with Crippen LogP contribution in [0.2, 0.25) is 0 Å². The molecular weight excluding hydrogens is 220 g/mol. The van der Waals surface area contributed by atoms with Crippen molar-refractivity contribution in [3.05, 3.63) is 18.1 Å². The number of methoxy groups -OCH3 is 1. The Labute approximate surface area is 101 Å². The van der Waals surface area contributed by atoms with Crippen LogP contribution in [-0.2, 0) is 16.0 Å². The summed E-state index contributed by atoms with van der Waals surface area (Å²) in [4.78, 5) is 19.5. The standard InChI is InChI=1S/C11H18N4O2/c1-3-9-6-10(15-8-14-9)13-7-11(16)12-4-5-17-2/h6,8H,3-5,7H2,1-2H3,(H,12,16)(H,13,14,15). The largest absolute Gasteiger partial charge is 0.383 e. The lowest BCUT2D eigenvalue weighted by atomic mass is 10.3. The smallest absolute Gasteiger partial charge is 0.239 e. The van der Waals surface area contributed by atoms with Crippen LogP contribution in [0.1, 0.15) is 12.6 Å². The van der Waals surface area contributed by atoms with Crippen LogP contribution in [-0.4, -0.2) is 42.7 Å². The number of amides is 1. The van der Waals surface area contributed by atoms with Gasteiger partial charge < -0.3 is 15.4 Å². The van der Waals surface area contributed by atoms with E-state index >= 15 is 0 Å². The van der Waals surface area contributed by atoms with Gasteiger partial charge in [-0.1, -0.05) is 6.92 Å². The molecule has 94 valence electrons. The predicted molar refractivity (Wildman–Crippen MR) is 64.8 cm³/mol. The predicted octanol–water partition coefficient (Wildman–Crippen LogP) is 0.214. The molecule has 6 nitrogen and oxygen atoms in total. The minimum Gasteiger partial charge on any atom is -0.383 e. The molecule has 0 aromatic carbocycles. The van der Waals surface area contributed by atoms with Gasteiger partial charge in [-0.05, 0) is 6.42 Å². The molecule has 0 saturated heterocycles. The van der Waals surface area contributed by atoms with Gasteiger partial charge in [-0.15, -0.1) is 0 Å². The van der Waals surface area contributed by atoms with E-state index in [9.17, 15) is 4.79 Å². The maximum Gasteiger partial charge on any atom is 0.239 e. The minimum absolute atomic E-state index is 0.0845. The van der Waals surface area contributed by atoms with Gasteiger partial charge in [0, 0.05) is 25.4 Å². The fraction of sp³-hybridized carbons (Fsp3) is 0.545. The summed E-state index contributed by atoms with van der Waals surface area (Å²) in [5, 5.41) is 5.65. The van der Waals surface area contributed by atoms with E-state index in [0.717, 1.165) is 12.1 Å². The molecule has 0 saturated carbocycles. The summed E-state index contributed by atoms with van der Waals surface area (Å²) in [5.41, 5.74) is 0.947. The number of aryl methyl sites for hydroxylation is 1. The number of rotatable bonds is 7. The number of aromatic nitrogens is 2. The molecule has 0 aliphatic carbocycles. The van der Waals surface area contributed by atoms with Crippen molar-refractivity contribution in [1.82, 2.24) is 15.3 Å². The second-order valence-electron chi connectivity index (χ2n) is 3.44. The van der Waals surface area contributed by atoms with E-state index in [4.69, 9.17) is 4.74 Å². The van der Waals surface area contributed by atoms with Crippen LogP contribution in [0.3, 0.4) is 0 Å². The van der Waals surface area contributed by atoms with Gasteiger partial charge in [-0.3, -0.25) is 4.79 Å². The summed E-state index contributed by atoms with van der Waals surface area (Å²) in [6, 6.07) is 1.84. The normalized spacial score (nSPS) is 10.0. The molecule has 1 rings (SSSR count). The van der Waals surface area contributed by atoms with Gasteiger partial charge in [0.1, 0.15) is 12.1 Å². The molecular formula is C11H18N4O2. The molecule has 0 radical (unpaired) electrons. The van der Waals surface area contributed by atoms with Gasteiger partial charge in [0.15, 0.2) is 0 Å². The lowest BCUT2D eigenvalue weighted by Gasteiger charge is -2.07. The Morgan fingerprint density at radius 3 is 3.00 bits per heavy atom. The van der Waals surface area contributed by atoms with Crippen molar-refractivity contribution in [1.29, 1.82) is 0 Å². The van der Waals surface area contributed by atoms with Crippen molar-refractivity contribution < 1.29 is 9.53 Å². The zero-order chi connectivity index (χ0) is 12.5. The summed E-state index contributed by atoms with van der Waals surface area (Å²) < 4.78 is 4.83. The van der Waals surface area contributed by atoms with Crippen LogP contribution in [0.5, 0.6) is 0 Å². The summed E-state index contributed by atoms with van der Waals surface area (Å²) in [5.74, 6) is 0.581. The van der Waals surface area contributed by atoms with Crippen molar-refractivity contribution in [3.63, 3.8) is 0 Å². The van der Waals surface area contributed by atoms with Crippen LogP contribution < -0.4 is 10.6 Å². The van der Waals surface area contributed by atoms with E-state index in [2.05, 4.69) is 20.6 Å². The fourth-order valence-corrected chi connectivity index (χ4v) is 1.21. The number of nitrogens with zero attached hydrogens (tertiary/aromatic N) is 2. The first-order valence-electron chi connectivity index (χ1n) is 5.56. The molecule has 1 aromatic heterocycles. The second-order valence-corrected chi connectivity index (χ2v) is 3.44. The highest BCUT2D eigenvalue weighted by Gasteiger charge is 2.01. The van der Waals surface area contributed by atoms with E-state index in [1.165, 1.54) is 6.33 Å². The van der Waals surface area contributed by atoms with E-state index in [1.54, 1.807) is 7.11 Å². The second kappa shape index (κ2) is 7.56. The first-order chi connectivity index (χ1) is 8.26. The van der Waals surface area contributed by atoms with Crippen molar-refractivity contribution in [2.75, 3.05) is 32.1 Å². The number of nitrogens with one attached hydrogen (secondary N) is 2. The number of ether oxygens (including phenoxy) is 1. The number of carbonyl (C=O) groups is 1. The van der Waals surface area contributed by atoms with E-state index in [-0.39, 0.29) is 12.5 Å². The molecule has 17 heavy (non-hydrogen) atoms. The lowest BCUT2D eigenvalue weighted by molar-refractivity contribution is -0.119. The van der Waals surface area contributed by atoms with Gasteiger partial charge in [0.25, 0.3) is 0 Å². The molecule has 1 amide bonds. The average molecular weight is 238 g/mol. The number of hydrogen-bond donors (Lipinski definition) is 2. The van der Waals surface area contributed by atoms with E-state index in [1.807, 2.05) is 13.0 Å². The third kappa shape index (κ3) is 5.26. The Balaban J connectivity index is 2.31. The van der Waals surface area contributed by atoms with Crippen LogP contribution in [0, 0.1) is 0 Å². The maximum absolute atomic E-state index is 11.4. The highest BCUT2D eigenvalue weighted by Crippen LogP contribution is 2.03. The Morgan fingerprint density at radius 1 is 1.47 bits per heavy atom. The topological polar surface area (TPSA) is 76.1 Å². The molecule has 2 N–H and O–H groups in total. The molecule has 0 unspecified atom stereocenters. The molecule has 0 fully saturated rings. The zero-order valence-electron chi connectivity index (χ0n) is 10.2. The monoisotopic (exact) mass is 238 g/mol. The Bertz CT molecular complexity index is 357. The first-order valence-corrected chi connectivity index (χ1v) is 5.56. The van der Waals surface area contributed by atoms with Crippen LogP contribution in [0.25, 0.3) is 0 Å². The first kappa shape index (κ1) is 13.4. The molecule has 6 heteroatoms. The van der Waals surface area contributed by atoms with Crippen LogP contribution in [0.15, 0.2) is 12.4 Å². The van der Waals surface area contributed by atoms with Crippen molar-refractivity contribution in [3.8, 4) is 0 Å².